The first-order valence-corrected chi connectivity index (χ1v) is 7.88. The Morgan fingerprint density at radius 1 is 1.28 bits per heavy atom. The van der Waals surface area contributed by atoms with Crippen LogP contribution in [0.2, 0.25) is 0 Å². The molecule has 1 atom stereocenters. The lowest BCUT2D eigenvalue weighted by Gasteiger charge is -2.20. The molecule has 1 fully saturated rings. The summed E-state index contributed by atoms with van der Waals surface area (Å²) in [6.45, 7) is 13.2. The molecule has 1 unspecified atom stereocenters. The van der Waals surface area contributed by atoms with E-state index in [0.717, 1.165) is 11.8 Å². The second kappa shape index (κ2) is 7.18. The molecule has 2 rings (SSSR count). The fraction of sp³-hybridized carbons (Fsp3) is 0.625. The monoisotopic (exact) mass is 311 g/mol. The molecule has 1 nitrogen and oxygen atoms in total. The van der Waals surface area contributed by atoms with Crippen LogP contribution in [-0.4, -0.2) is 13.1 Å². The van der Waals surface area contributed by atoms with Crippen molar-refractivity contribution in [3.63, 3.8) is 0 Å². The zero-order valence-corrected chi connectivity index (χ0v) is 13.9. The van der Waals surface area contributed by atoms with Crippen molar-refractivity contribution in [3.05, 3.63) is 28.2 Å². The van der Waals surface area contributed by atoms with Gasteiger partial charge in [-0.25, -0.2) is 0 Å². The molecule has 1 aromatic carbocycles. The number of benzene rings is 1. The smallest absolute Gasteiger partial charge is 0.0377 e. The second-order valence-electron chi connectivity index (χ2n) is 5.17. The van der Waals surface area contributed by atoms with E-state index in [9.17, 15) is 0 Å². The van der Waals surface area contributed by atoms with Gasteiger partial charge in [0.15, 0.2) is 0 Å². The maximum Gasteiger partial charge on any atom is 0.0377 e. The largest absolute Gasteiger partial charge is 0.371 e. The Bertz CT molecular complexity index is 373. The van der Waals surface area contributed by atoms with Gasteiger partial charge in [0.1, 0.15) is 0 Å². The minimum absolute atomic E-state index is 0.805. The average molecular weight is 312 g/mol. The summed E-state index contributed by atoms with van der Waals surface area (Å²) in [4.78, 5) is 2.51. The molecule has 102 valence electrons. The van der Waals surface area contributed by atoms with Crippen LogP contribution in [0.25, 0.3) is 0 Å². The van der Waals surface area contributed by atoms with Gasteiger partial charge in [0.2, 0.25) is 0 Å². The molecule has 1 heterocycles. The van der Waals surface area contributed by atoms with Crippen LogP contribution in [0.15, 0.2) is 22.7 Å². The molecule has 0 radical (unpaired) electrons. The molecule has 2 heteroatoms. The maximum absolute atomic E-state index is 3.61. The van der Waals surface area contributed by atoms with E-state index < -0.39 is 0 Å². The van der Waals surface area contributed by atoms with Crippen molar-refractivity contribution in [2.24, 2.45) is 11.8 Å². The molecule has 0 saturated carbocycles. The second-order valence-corrected chi connectivity index (χ2v) is 6.03. The zero-order chi connectivity index (χ0) is 13.7. The third-order valence-electron chi connectivity index (χ3n) is 3.69. The van der Waals surface area contributed by atoms with Crippen molar-refractivity contribution in [2.45, 2.75) is 41.0 Å². The van der Waals surface area contributed by atoms with Crippen molar-refractivity contribution in [1.82, 2.24) is 0 Å². The molecule has 0 spiro atoms. The van der Waals surface area contributed by atoms with Crippen LogP contribution in [0.1, 0.15) is 39.7 Å². The fourth-order valence-corrected chi connectivity index (χ4v) is 2.71. The van der Waals surface area contributed by atoms with Crippen molar-refractivity contribution < 1.29 is 0 Å². The van der Waals surface area contributed by atoms with E-state index in [2.05, 4.69) is 59.8 Å². The first-order chi connectivity index (χ1) is 8.58. The van der Waals surface area contributed by atoms with Crippen LogP contribution in [0.3, 0.4) is 0 Å². The number of hydrogen-bond donors (Lipinski definition) is 0. The standard InChI is InChI=1S/C14H20BrN.C2H6/c1-10(2)12-6-7-16(9-12)13-5-4-11(3)14(15)8-13;1-2/h4-5,8,10,12H,6-7,9H2,1-3H3;1-2H3. The van der Waals surface area contributed by atoms with Gasteiger partial charge < -0.3 is 4.90 Å². The van der Waals surface area contributed by atoms with Crippen molar-refractivity contribution in [1.29, 1.82) is 0 Å². The van der Waals surface area contributed by atoms with E-state index in [1.807, 2.05) is 13.8 Å². The highest BCUT2D eigenvalue weighted by Crippen LogP contribution is 2.30. The number of aryl methyl sites for hydroxylation is 1. The van der Waals surface area contributed by atoms with Crippen molar-refractivity contribution >= 4 is 21.6 Å². The first kappa shape index (κ1) is 15.6. The van der Waals surface area contributed by atoms with Crippen LogP contribution < -0.4 is 4.90 Å². The summed E-state index contributed by atoms with van der Waals surface area (Å²) in [6, 6.07) is 6.68. The highest BCUT2D eigenvalue weighted by molar-refractivity contribution is 9.10. The Morgan fingerprint density at radius 3 is 2.44 bits per heavy atom. The van der Waals surface area contributed by atoms with Crippen LogP contribution >= 0.6 is 15.9 Å². The minimum Gasteiger partial charge on any atom is -0.371 e. The summed E-state index contributed by atoms with van der Waals surface area (Å²) < 4.78 is 1.22. The topological polar surface area (TPSA) is 3.24 Å². The van der Waals surface area contributed by atoms with Gasteiger partial charge in [0.05, 0.1) is 0 Å². The highest BCUT2D eigenvalue weighted by Gasteiger charge is 2.24. The predicted octanol–water partition coefficient (Wildman–Crippen LogP) is 5.27. The molecule has 0 N–H and O–H groups in total. The predicted molar refractivity (Wildman–Crippen MR) is 85.4 cm³/mol. The highest BCUT2D eigenvalue weighted by atomic mass is 79.9. The van der Waals surface area contributed by atoms with Gasteiger partial charge in [-0.05, 0) is 42.9 Å². The Labute approximate surface area is 121 Å². The van der Waals surface area contributed by atoms with Gasteiger partial charge in [-0.15, -0.1) is 0 Å². The van der Waals surface area contributed by atoms with Gasteiger partial charge in [-0.3, -0.25) is 0 Å². The number of rotatable bonds is 2. The molecule has 0 bridgehead atoms. The Hall–Kier alpha value is -0.500. The van der Waals surface area contributed by atoms with E-state index in [1.165, 1.54) is 35.2 Å². The van der Waals surface area contributed by atoms with Crippen molar-refractivity contribution in [2.75, 3.05) is 18.0 Å². The van der Waals surface area contributed by atoms with E-state index in [1.54, 1.807) is 0 Å². The lowest BCUT2D eigenvalue weighted by atomic mass is 9.95. The van der Waals surface area contributed by atoms with E-state index in [4.69, 9.17) is 0 Å². The summed E-state index contributed by atoms with van der Waals surface area (Å²) in [5, 5.41) is 0. The Kier molecular flexibility index (Phi) is 6.20. The molecule has 1 aromatic rings. The third kappa shape index (κ3) is 3.74. The van der Waals surface area contributed by atoms with Crippen molar-refractivity contribution in [3.8, 4) is 0 Å². The third-order valence-corrected chi connectivity index (χ3v) is 4.54. The van der Waals surface area contributed by atoms with E-state index in [0.29, 0.717) is 0 Å². The first-order valence-electron chi connectivity index (χ1n) is 7.09. The lowest BCUT2D eigenvalue weighted by Crippen LogP contribution is -2.21. The van der Waals surface area contributed by atoms with Crippen LogP contribution in [-0.2, 0) is 0 Å². The summed E-state index contributed by atoms with van der Waals surface area (Å²) in [7, 11) is 0. The average Bonchev–Trinajstić information content (AvgIpc) is 2.85. The normalized spacial score (nSPS) is 18.8. The van der Waals surface area contributed by atoms with E-state index in [-0.39, 0.29) is 0 Å². The minimum atomic E-state index is 0.805. The number of halogens is 1. The Morgan fingerprint density at radius 2 is 1.94 bits per heavy atom. The number of hydrogen-bond acceptors (Lipinski definition) is 1. The molecular weight excluding hydrogens is 286 g/mol. The van der Waals surface area contributed by atoms with Gasteiger partial charge in [-0.1, -0.05) is 49.7 Å². The summed E-state index contributed by atoms with van der Waals surface area (Å²) in [5.74, 6) is 1.67. The molecule has 0 aromatic heterocycles. The molecule has 1 aliphatic rings. The molecule has 0 amide bonds. The summed E-state index contributed by atoms with van der Waals surface area (Å²) >= 11 is 3.61. The summed E-state index contributed by atoms with van der Waals surface area (Å²) in [6.07, 6.45) is 1.34. The lowest BCUT2D eigenvalue weighted by molar-refractivity contribution is 0.423. The van der Waals surface area contributed by atoms with E-state index >= 15 is 0 Å². The van der Waals surface area contributed by atoms with Gasteiger partial charge >= 0.3 is 0 Å². The summed E-state index contributed by atoms with van der Waals surface area (Å²) in [5.41, 5.74) is 2.67. The SMILES string of the molecule is CC.Cc1ccc(N2CCC(C(C)C)C2)cc1Br. The fourth-order valence-electron chi connectivity index (χ4n) is 2.34. The zero-order valence-electron chi connectivity index (χ0n) is 12.3. The quantitative estimate of drug-likeness (QED) is 0.719. The number of nitrogens with zero attached hydrogens (tertiary/aromatic N) is 1. The molecule has 0 aliphatic carbocycles. The van der Waals surface area contributed by atoms with Gasteiger partial charge in [-0.2, -0.15) is 0 Å². The van der Waals surface area contributed by atoms with Crippen LogP contribution in [0, 0.1) is 18.8 Å². The van der Waals surface area contributed by atoms with Crippen LogP contribution in [0.4, 0.5) is 5.69 Å². The van der Waals surface area contributed by atoms with Crippen LogP contribution in [0.5, 0.6) is 0 Å². The number of anilines is 1. The molecule has 1 saturated heterocycles. The van der Waals surface area contributed by atoms with Gasteiger partial charge in [0, 0.05) is 23.2 Å². The molecule has 1 aliphatic heterocycles. The maximum atomic E-state index is 3.61. The Balaban J connectivity index is 0.000000771. The molecule has 18 heavy (non-hydrogen) atoms. The molecular formula is C16H26BrN. The van der Waals surface area contributed by atoms with Gasteiger partial charge in [0.25, 0.3) is 0 Å².